The highest BCUT2D eigenvalue weighted by Crippen LogP contribution is 2.58. The lowest BCUT2D eigenvalue weighted by Gasteiger charge is -2.64. The molecule has 0 bridgehead atoms. The van der Waals surface area contributed by atoms with Crippen molar-refractivity contribution in [2.75, 3.05) is 13.2 Å². The van der Waals surface area contributed by atoms with Crippen LogP contribution in [-0.2, 0) is 4.74 Å². The molecule has 2 N–H and O–H groups in total. The van der Waals surface area contributed by atoms with E-state index in [1.807, 2.05) is 0 Å². The topological polar surface area (TPSA) is 38.5 Å². The second-order valence-corrected chi connectivity index (χ2v) is 7.75. The molecule has 3 heteroatoms. The van der Waals surface area contributed by atoms with Crippen LogP contribution in [0.5, 0.6) is 0 Å². The van der Waals surface area contributed by atoms with Crippen molar-refractivity contribution in [2.24, 2.45) is 17.1 Å². The Labute approximate surface area is 117 Å². The molecule has 2 aliphatic heterocycles. The first kappa shape index (κ1) is 13.8. The van der Waals surface area contributed by atoms with Crippen LogP contribution in [0.25, 0.3) is 0 Å². The molecule has 0 aromatic rings. The predicted molar refractivity (Wildman–Crippen MR) is 78.0 cm³/mol. The number of nitrogens with two attached hydrogens (primary N) is 1. The summed E-state index contributed by atoms with van der Waals surface area (Å²) < 4.78 is 5.91. The summed E-state index contributed by atoms with van der Waals surface area (Å²) in [6.45, 7) is 11.3. The Balaban J connectivity index is 1.78. The molecule has 0 spiro atoms. The summed E-state index contributed by atoms with van der Waals surface area (Å²) in [6, 6.07) is 1.36. The fourth-order valence-electron chi connectivity index (χ4n) is 4.88. The lowest BCUT2D eigenvalue weighted by atomic mass is 9.48. The number of hydrogen-bond donors (Lipinski definition) is 1. The van der Waals surface area contributed by atoms with Gasteiger partial charge in [-0.3, -0.25) is 4.90 Å². The van der Waals surface area contributed by atoms with Gasteiger partial charge in [0, 0.05) is 42.1 Å². The van der Waals surface area contributed by atoms with Gasteiger partial charge in [0.25, 0.3) is 0 Å². The van der Waals surface area contributed by atoms with Gasteiger partial charge < -0.3 is 10.5 Å². The SMILES string of the molecule is CC1CCCC(C)N1CC1(N)C2CCOC2C1(C)C. The molecule has 110 valence electrons. The Hall–Kier alpha value is -0.120. The molecule has 0 aromatic heterocycles. The van der Waals surface area contributed by atoms with Crippen LogP contribution in [-0.4, -0.2) is 41.8 Å². The lowest BCUT2D eigenvalue weighted by Crippen LogP contribution is -2.78. The second-order valence-electron chi connectivity index (χ2n) is 7.75. The van der Waals surface area contributed by atoms with Gasteiger partial charge in [0.2, 0.25) is 0 Å². The molecule has 0 amide bonds. The number of likely N-dealkylation sites (tertiary alicyclic amines) is 1. The average molecular weight is 266 g/mol. The Kier molecular flexibility index (Phi) is 3.23. The first-order chi connectivity index (χ1) is 8.88. The zero-order chi connectivity index (χ0) is 13.8. The maximum absolute atomic E-state index is 6.90. The van der Waals surface area contributed by atoms with E-state index in [1.165, 1.54) is 19.3 Å². The Morgan fingerprint density at radius 1 is 1.16 bits per heavy atom. The van der Waals surface area contributed by atoms with E-state index < -0.39 is 0 Å². The number of nitrogens with zero attached hydrogens (tertiary/aromatic N) is 1. The number of fused-ring (bicyclic) bond motifs is 1. The van der Waals surface area contributed by atoms with E-state index in [4.69, 9.17) is 10.5 Å². The van der Waals surface area contributed by atoms with Crippen molar-refractivity contribution in [3.05, 3.63) is 0 Å². The number of rotatable bonds is 2. The van der Waals surface area contributed by atoms with Gasteiger partial charge in [-0.1, -0.05) is 20.3 Å². The fourth-order valence-corrected chi connectivity index (χ4v) is 4.88. The number of hydrogen-bond acceptors (Lipinski definition) is 3. The van der Waals surface area contributed by atoms with Gasteiger partial charge in [-0.25, -0.2) is 0 Å². The van der Waals surface area contributed by atoms with Crippen molar-refractivity contribution in [3.63, 3.8) is 0 Å². The van der Waals surface area contributed by atoms with Crippen LogP contribution in [0.2, 0.25) is 0 Å². The summed E-state index contributed by atoms with van der Waals surface area (Å²) in [6.07, 6.45) is 5.57. The normalized spacial score (nSPS) is 49.7. The van der Waals surface area contributed by atoms with Crippen molar-refractivity contribution in [2.45, 2.75) is 77.1 Å². The van der Waals surface area contributed by atoms with Gasteiger partial charge in [-0.15, -0.1) is 0 Å². The van der Waals surface area contributed by atoms with Gasteiger partial charge in [0.05, 0.1) is 6.10 Å². The van der Waals surface area contributed by atoms with Gasteiger partial charge in [-0.2, -0.15) is 0 Å². The van der Waals surface area contributed by atoms with Gasteiger partial charge in [0.1, 0.15) is 0 Å². The maximum Gasteiger partial charge on any atom is 0.0691 e. The molecular formula is C16H30N2O. The Bertz CT molecular complexity index is 347. The third kappa shape index (κ3) is 1.81. The standard InChI is InChI=1S/C16H30N2O/c1-11-6-5-7-12(2)18(11)10-16(17)13-8-9-19-14(13)15(16,3)4/h11-14H,5-10,17H2,1-4H3. The molecule has 3 aliphatic rings. The maximum atomic E-state index is 6.90. The minimum Gasteiger partial charge on any atom is -0.377 e. The fraction of sp³-hybridized carbons (Fsp3) is 1.00. The molecule has 1 saturated carbocycles. The average Bonchev–Trinajstić information content (AvgIpc) is 2.82. The summed E-state index contributed by atoms with van der Waals surface area (Å²) in [7, 11) is 0. The van der Waals surface area contributed by atoms with E-state index in [-0.39, 0.29) is 11.0 Å². The van der Waals surface area contributed by atoms with Crippen molar-refractivity contribution in [1.29, 1.82) is 0 Å². The summed E-state index contributed by atoms with van der Waals surface area (Å²) in [5.41, 5.74) is 6.95. The van der Waals surface area contributed by atoms with Crippen molar-refractivity contribution in [3.8, 4) is 0 Å². The molecule has 0 radical (unpaired) electrons. The van der Waals surface area contributed by atoms with Crippen LogP contribution in [0.15, 0.2) is 0 Å². The number of ether oxygens (including phenoxy) is 1. The molecule has 5 unspecified atom stereocenters. The smallest absolute Gasteiger partial charge is 0.0691 e. The highest BCUT2D eigenvalue weighted by molar-refractivity contribution is 5.22. The summed E-state index contributed by atoms with van der Waals surface area (Å²) in [5, 5.41) is 0. The van der Waals surface area contributed by atoms with Crippen LogP contribution >= 0.6 is 0 Å². The highest BCUT2D eigenvalue weighted by Gasteiger charge is 2.68. The molecule has 19 heavy (non-hydrogen) atoms. The molecule has 5 atom stereocenters. The first-order valence-electron chi connectivity index (χ1n) is 8.04. The number of piperidine rings is 1. The zero-order valence-electron chi connectivity index (χ0n) is 13.0. The first-order valence-corrected chi connectivity index (χ1v) is 8.04. The van der Waals surface area contributed by atoms with Crippen LogP contribution < -0.4 is 5.73 Å². The monoisotopic (exact) mass is 266 g/mol. The molecule has 1 aliphatic carbocycles. The second kappa shape index (κ2) is 4.44. The van der Waals surface area contributed by atoms with Crippen molar-refractivity contribution in [1.82, 2.24) is 4.90 Å². The predicted octanol–water partition coefficient (Wildman–Crippen LogP) is 2.39. The van der Waals surface area contributed by atoms with E-state index >= 15 is 0 Å². The van der Waals surface area contributed by atoms with Gasteiger partial charge >= 0.3 is 0 Å². The van der Waals surface area contributed by atoms with Crippen molar-refractivity contribution < 1.29 is 4.74 Å². The van der Waals surface area contributed by atoms with Crippen molar-refractivity contribution >= 4 is 0 Å². The van der Waals surface area contributed by atoms with Crippen LogP contribution in [0, 0.1) is 11.3 Å². The third-order valence-electron chi connectivity index (χ3n) is 6.48. The van der Waals surface area contributed by atoms with Crippen LogP contribution in [0.3, 0.4) is 0 Å². The summed E-state index contributed by atoms with van der Waals surface area (Å²) in [5.74, 6) is 0.573. The third-order valence-corrected chi connectivity index (χ3v) is 6.48. The van der Waals surface area contributed by atoms with E-state index in [0.717, 1.165) is 19.6 Å². The van der Waals surface area contributed by atoms with E-state index in [1.54, 1.807) is 0 Å². The molecule has 2 saturated heterocycles. The zero-order valence-corrected chi connectivity index (χ0v) is 13.0. The Morgan fingerprint density at radius 2 is 1.79 bits per heavy atom. The quantitative estimate of drug-likeness (QED) is 0.834. The van der Waals surface area contributed by atoms with Gasteiger partial charge in [0.15, 0.2) is 0 Å². The van der Waals surface area contributed by atoms with E-state index in [0.29, 0.717) is 24.1 Å². The molecule has 2 heterocycles. The van der Waals surface area contributed by atoms with E-state index in [2.05, 4.69) is 32.6 Å². The van der Waals surface area contributed by atoms with Crippen LogP contribution in [0.1, 0.15) is 53.4 Å². The lowest BCUT2D eigenvalue weighted by molar-refractivity contribution is -0.169. The largest absolute Gasteiger partial charge is 0.377 e. The minimum absolute atomic E-state index is 0.0615. The Morgan fingerprint density at radius 3 is 2.42 bits per heavy atom. The van der Waals surface area contributed by atoms with Gasteiger partial charge in [-0.05, 0) is 33.1 Å². The van der Waals surface area contributed by atoms with Crippen LogP contribution in [0.4, 0.5) is 0 Å². The minimum atomic E-state index is -0.0615. The summed E-state index contributed by atoms with van der Waals surface area (Å²) >= 11 is 0. The summed E-state index contributed by atoms with van der Waals surface area (Å²) in [4.78, 5) is 2.67. The van der Waals surface area contributed by atoms with E-state index in [9.17, 15) is 0 Å². The molecule has 3 fully saturated rings. The highest BCUT2D eigenvalue weighted by atomic mass is 16.5. The molecular weight excluding hydrogens is 236 g/mol. The molecule has 0 aromatic carbocycles. The molecule has 3 rings (SSSR count). The molecule has 3 nitrogen and oxygen atoms in total.